The molecule has 1 unspecified atom stereocenters. The highest BCUT2D eigenvalue weighted by Gasteiger charge is 2.32. The van der Waals surface area contributed by atoms with Crippen LogP contribution < -0.4 is 4.74 Å². The van der Waals surface area contributed by atoms with Gasteiger partial charge < -0.3 is 14.4 Å². The van der Waals surface area contributed by atoms with E-state index in [9.17, 15) is 9.18 Å². The molecular weight excluding hydrogens is 597 g/mol. The number of para-hydroxylation sites is 1. The number of benzene rings is 3. The summed E-state index contributed by atoms with van der Waals surface area (Å²) in [5.74, 6) is 0.0673. The topological polar surface area (TPSA) is 56.6 Å². The summed E-state index contributed by atoms with van der Waals surface area (Å²) in [6.07, 6.45) is 3.25. The van der Waals surface area contributed by atoms with E-state index < -0.39 is 0 Å². The first-order valence-electron chi connectivity index (χ1n) is 12.9. The molecule has 0 bridgehead atoms. The van der Waals surface area contributed by atoms with Crippen LogP contribution in [0.5, 0.6) is 5.75 Å². The Morgan fingerprint density at radius 3 is 2.75 bits per heavy atom. The van der Waals surface area contributed by atoms with Crippen molar-refractivity contribution in [1.82, 2.24) is 14.7 Å². The number of amides is 1. The summed E-state index contributed by atoms with van der Waals surface area (Å²) in [6.45, 7) is 5.27. The molecule has 1 atom stereocenters. The standard InChI is InChI=1S/C31H28BrClFN3O3/c1-20-31(21(2)37(35-20)27-10-6-5-9-26(27)34)28-19-39-16-15-36(28)30(38)14-11-22-17-24(33)12-13-29(22)40-18-23-7-3-4-8-25(23)32/h3-14,17,28H,15-16,18-19H2,1-2H3/b14-11+. The highest BCUT2D eigenvalue weighted by molar-refractivity contribution is 9.10. The van der Waals surface area contributed by atoms with Gasteiger partial charge >= 0.3 is 0 Å². The van der Waals surface area contributed by atoms with Gasteiger partial charge in [-0.3, -0.25) is 4.79 Å². The summed E-state index contributed by atoms with van der Waals surface area (Å²) in [6, 6.07) is 19.3. The Morgan fingerprint density at radius 1 is 1.18 bits per heavy atom. The molecule has 9 heteroatoms. The van der Waals surface area contributed by atoms with E-state index in [0.29, 0.717) is 48.4 Å². The van der Waals surface area contributed by atoms with E-state index >= 15 is 0 Å². The minimum atomic E-state index is -0.366. The van der Waals surface area contributed by atoms with Gasteiger partial charge in [0.05, 0.1) is 24.9 Å². The molecule has 1 aliphatic heterocycles. The molecule has 3 aromatic carbocycles. The molecule has 206 valence electrons. The molecule has 1 saturated heterocycles. The van der Waals surface area contributed by atoms with Crippen molar-refractivity contribution in [3.8, 4) is 11.4 Å². The maximum Gasteiger partial charge on any atom is 0.247 e. The molecule has 0 N–H and O–H groups in total. The van der Waals surface area contributed by atoms with Crippen LogP contribution in [0, 0.1) is 19.7 Å². The molecule has 0 aliphatic carbocycles. The lowest BCUT2D eigenvalue weighted by atomic mass is 10.0. The van der Waals surface area contributed by atoms with E-state index in [1.807, 2.05) is 38.1 Å². The fourth-order valence-electron chi connectivity index (χ4n) is 4.91. The van der Waals surface area contributed by atoms with Crippen LogP contribution in [0.3, 0.4) is 0 Å². The zero-order chi connectivity index (χ0) is 28.2. The smallest absolute Gasteiger partial charge is 0.247 e. The predicted molar refractivity (Wildman–Crippen MR) is 157 cm³/mol. The molecule has 1 amide bonds. The van der Waals surface area contributed by atoms with Crippen LogP contribution in [-0.2, 0) is 16.1 Å². The molecule has 0 radical (unpaired) electrons. The number of hydrogen-bond acceptors (Lipinski definition) is 4. The molecule has 6 nitrogen and oxygen atoms in total. The molecule has 1 aliphatic rings. The Hall–Kier alpha value is -3.46. The Kier molecular flexibility index (Phi) is 8.69. The van der Waals surface area contributed by atoms with Crippen molar-refractivity contribution >= 4 is 39.5 Å². The minimum Gasteiger partial charge on any atom is -0.488 e. The van der Waals surface area contributed by atoms with Gasteiger partial charge in [0.2, 0.25) is 5.91 Å². The third-order valence-electron chi connectivity index (χ3n) is 6.89. The van der Waals surface area contributed by atoms with E-state index in [4.69, 9.17) is 21.1 Å². The highest BCUT2D eigenvalue weighted by atomic mass is 79.9. The predicted octanol–water partition coefficient (Wildman–Crippen LogP) is 7.24. The van der Waals surface area contributed by atoms with E-state index in [2.05, 4.69) is 21.0 Å². The van der Waals surface area contributed by atoms with Gasteiger partial charge in [0.1, 0.15) is 23.9 Å². The maximum atomic E-state index is 14.6. The molecule has 1 fully saturated rings. The number of halogens is 3. The van der Waals surface area contributed by atoms with Gasteiger partial charge in [0, 0.05) is 44.5 Å². The average molecular weight is 625 g/mol. The van der Waals surface area contributed by atoms with Crippen molar-refractivity contribution in [3.63, 3.8) is 0 Å². The van der Waals surface area contributed by atoms with Gasteiger partial charge in [0.15, 0.2) is 0 Å². The normalized spacial score (nSPS) is 15.5. The SMILES string of the molecule is Cc1nn(-c2ccccc2F)c(C)c1C1COCCN1C(=O)/C=C/c1cc(Cl)ccc1OCc1ccccc1Br. The lowest BCUT2D eigenvalue weighted by molar-refractivity contribution is -0.134. The van der Waals surface area contributed by atoms with Crippen LogP contribution in [0.2, 0.25) is 5.02 Å². The quantitative estimate of drug-likeness (QED) is 0.204. The summed E-state index contributed by atoms with van der Waals surface area (Å²) in [5.41, 5.74) is 4.39. The molecule has 0 spiro atoms. The van der Waals surface area contributed by atoms with Crippen molar-refractivity contribution < 1.29 is 18.7 Å². The third kappa shape index (κ3) is 5.99. The monoisotopic (exact) mass is 623 g/mol. The lowest BCUT2D eigenvalue weighted by Gasteiger charge is -2.35. The van der Waals surface area contributed by atoms with E-state index in [-0.39, 0.29) is 17.8 Å². The number of carbonyl (C=O) groups excluding carboxylic acids is 1. The van der Waals surface area contributed by atoms with Crippen LogP contribution in [0.4, 0.5) is 4.39 Å². The molecule has 0 saturated carbocycles. The lowest BCUT2D eigenvalue weighted by Crippen LogP contribution is -2.43. The molecular formula is C31H28BrClFN3O3. The van der Waals surface area contributed by atoms with Crippen LogP contribution in [0.25, 0.3) is 11.8 Å². The highest BCUT2D eigenvalue weighted by Crippen LogP contribution is 2.32. The molecule has 5 rings (SSSR count). The number of aryl methyl sites for hydroxylation is 1. The largest absolute Gasteiger partial charge is 0.488 e. The van der Waals surface area contributed by atoms with Gasteiger partial charge in [-0.25, -0.2) is 9.07 Å². The Balaban J connectivity index is 1.39. The number of carbonyl (C=O) groups is 1. The van der Waals surface area contributed by atoms with E-state index in [1.165, 1.54) is 12.1 Å². The summed E-state index contributed by atoms with van der Waals surface area (Å²) >= 11 is 9.83. The number of hydrogen-bond donors (Lipinski definition) is 0. The first-order chi connectivity index (χ1) is 19.3. The molecule has 2 heterocycles. The number of morpholine rings is 1. The number of nitrogens with zero attached hydrogens (tertiary/aromatic N) is 3. The number of aromatic nitrogens is 2. The second kappa shape index (κ2) is 12.4. The molecule has 4 aromatic rings. The van der Waals surface area contributed by atoms with Crippen LogP contribution in [-0.4, -0.2) is 40.3 Å². The summed E-state index contributed by atoms with van der Waals surface area (Å²) in [5, 5.41) is 5.15. The van der Waals surface area contributed by atoms with Crippen molar-refractivity contribution in [2.45, 2.75) is 26.5 Å². The second-order valence-corrected chi connectivity index (χ2v) is 10.8. The zero-order valence-corrected chi connectivity index (χ0v) is 24.5. The maximum absolute atomic E-state index is 14.6. The van der Waals surface area contributed by atoms with Gasteiger partial charge in [-0.15, -0.1) is 0 Å². The Labute approximate surface area is 246 Å². The van der Waals surface area contributed by atoms with Crippen molar-refractivity contribution in [2.75, 3.05) is 19.8 Å². The molecule has 1 aromatic heterocycles. The summed E-state index contributed by atoms with van der Waals surface area (Å²) < 4.78 is 29.0. The van der Waals surface area contributed by atoms with E-state index in [0.717, 1.165) is 27.0 Å². The summed E-state index contributed by atoms with van der Waals surface area (Å²) in [4.78, 5) is 15.3. The fourth-order valence-corrected chi connectivity index (χ4v) is 5.49. The van der Waals surface area contributed by atoms with Crippen LogP contribution in [0.15, 0.2) is 77.3 Å². The van der Waals surface area contributed by atoms with Gasteiger partial charge in [-0.05, 0) is 56.3 Å². The Morgan fingerprint density at radius 2 is 1.95 bits per heavy atom. The zero-order valence-electron chi connectivity index (χ0n) is 22.1. The first kappa shape index (κ1) is 28.1. The summed E-state index contributed by atoms with van der Waals surface area (Å²) in [7, 11) is 0. The number of ether oxygens (including phenoxy) is 2. The average Bonchev–Trinajstić information content (AvgIpc) is 3.25. The second-order valence-electron chi connectivity index (χ2n) is 9.47. The van der Waals surface area contributed by atoms with Gasteiger partial charge in [-0.2, -0.15) is 5.10 Å². The van der Waals surface area contributed by atoms with Crippen molar-refractivity contribution in [3.05, 3.63) is 116 Å². The third-order valence-corrected chi connectivity index (χ3v) is 7.90. The first-order valence-corrected chi connectivity index (χ1v) is 14.0. The van der Waals surface area contributed by atoms with Crippen molar-refractivity contribution in [2.24, 2.45) is 0 Å². The van der Waals surface area contributed by atoms with Crippen molar-refractivity contribution in [1.29, 1.82) is 0 Å². The molecule has 40 heavy (non-hydrogen) atoms. The Bertz CT molecular complexity index is 1570. The fraction of sp³-hybridized carbons (Fsp3) is 0.226. The number of rotatable bonds is 7. The van der Waals surface area contributed by atoms with E-state index in [1.54, 1.807) is 52.1 Å². The van der Waals surface area contributed by atoms with Gasteiger partial charge in [0.25, 0.3) is 0 Å². The minimum absolute atomic E-state index is 0.178. The van der Waals surface area contributed by atoms with Crippen LogP contribution >= 0.6 is 27.5 Å². The van der Waals surface area contributed by atoms with Crippen LogP contribution in [0.1, 0.15) is 34.1 Å². The van der Waals surface area contributed by atoms with Gasteiger partial charge in [-0.1, -0.05) is 57.9 Å².